The van der Waals surface area contributed by atoms with E-state index in [0.29, 0.717) is 5.56 Å². The van der Waals surface area contributed by atoms with Gasteiger partial charge in [0.15, 0.2) is 0 Å². The molecule has 1 heterocycles. The molecule has 1 aliphatic heterocycles. The lowest BCUT2D eigenvalue weighted by atomic mass is 9.96. The van der Waals surface area contributed by atoms with Crippen molar-refractivity contribution in [1.29, 1.82) is 0 Å². The molecular weight excluding hydrogens is 249 g/mol. The third kappa shape index (κ3) is 2.34. The number of benzene rings is 2. The fourth-order valence-corrected chi connectivity index (χ4v) is 2.64. The van der Waals surface area contributed by atoms with Crippen molar-refractivity contribution >= 4 is 11.3 Å². The summed E-state index contributed by atoms with van der Waals surface area (Å²) < 4.78 is 14.1. The van der Waals surface area contributed by atoms with Gasteiger partial charge in [0.05, 0.1) is 0 Å². The molecule has 2 aromatic rings. The second-order valence-electron chi connectivity index (χ2n) is 5.38. The maximum Gasteiger partial charge on any atom is 0.131 e. The van der Waals surface area contributed by atoms with Gasteiger partial charge in [0.2, 0.25) is 0 Å². The van der Waals surface area contributed by atoms with Crippen molar-refractivity contribution < 1.29 is 4.39 Å². The van der Waals surface area contributed by atoms with Crippen LogP contribution in [0.3, 0.4) is 0 Å². The van der Waals surface area contributed by atoms with E-state index in [2.05, 4.69) is 24.0 Å². The van der Waals surface area contributed by atoms with Gasteiger partial charge < -0.3 is 5.32 Å². The van der Waals surface area contributed by atoms with Gasteiger partial charge >= 0.3 is 0 Å². The molecule has 0 atom stereocenters. The number of anilines is 1. The van der Waals surface area contributed by atoms with Gasteiger partial charge in [-0.2, -0.15) is 0 Å². The van der Waals surface area contributed by atoms with E-state index in [1.165, 1.54) is 11.6 Å². The summed E-state index contributed by atoms with van der Waals surface area (Å²) in [5.41, 5.74) is 5.93. The molecule has 1 nitrogen and oxygen atoms in total. The van der Waals surface area contributed by atoms with Crippen molar-refractivity contribution in [3.05, 3.63) is 59.9 Å². The number of hydrogen-bond acceptors (Lipinski definition) is 1. The molecule has 2 aromatic carbocycles. The van der Waals surface area contributed by atoms with Gasteiger partial charge in [-0.3, -0.25) is 0 Å². The normalized spacial score (nSPS) is 13.5. The standard InChI is InChI=1S/C18H18FN/c1-12(2)14-7-8-17(19)16(10-14)15-6-5-13-4-3-9-20-18(13)11-15/h5-8,10-11,20H,1,3-4,9H2,2H3. The Kier molecular flexibility index (Phi) is 3.31. The van der Waals surface area contributed by atoms with Gasteiger partial charge in [-0.1, -0.05) is 30.4 Å². The highest BCUT2D eigenvalue weighted by atomic mass is 19.1. The quantitative estimate of drug-likeness (QED) is 0.817. The van der Waals surface area contributed by atoms with E-state index in [1.54, 1.807) is 6.07 Å². The van der Waals surface area contributed by atoms with Crippen LogP contribution in [0.15, 0.2) is 43.0 Å². The topological polar surface area (TPSA) is 12.0 Å². The zero-order valence-corrected chi connectivity index (χ0v) is 11.7. The average Bonchev–Trinajstić information content (AvgIpc) is 2.47. The Morgan fingerprint density at radius 1 is 1.20 bits per heavy atom. The Labute approximate surface area is 119 Å². The van der Waals surface area contributed by atoms with Crippen LogP contribution >= 0.6 is 0 Å². The molecule has 0 aliphatic carbocycles. The van der Waals surface area contributed by atoms with Crippen LogP contribution in [0, 0.1) is 5.82 Å². The van der Waals surface area contributed by atoms with Crippen LogP contribution in [-0.4, -0.2) is 6.54 Å². The van der Waals surface area contributed by atoms with E-state index < -0.39 is 0 Å². The third-order valence-electron chi connectivity index (χ3n) is 3.82. The lowest BCUT2D eigenvalue weighted by Gasteiger charge is -2.19. The minimum atomic E-state index is -0.189. The van der Waals surface area contributed by atoms with Crippen LogP contribution in [-0.2, 0) is 6.42 Å². The van der Waals surface area contributed by atoms with Gasteiger partial charge in [-0.25, -0.2) is 4.39 Å². The number of allylic oxidation sites excluding steroid dienone is 1. The molecule has 0 saturated carbocycles. The summed E-state index contributed by atoms with van der Waals surface area (Å²) in [4.78, 5) is 0. The summed E-state index contributed by atoms with van der Waals surface area (Å²) in [6.07, 6.45) is 2.25. The van der Waals surface area contributed by atoms with E-state index in [4.69, 9.17) is 0 Å². The first-order chi connectivity index (χ1) is 9.65. The number of hydrogen-bond donors (Lipinski definition) is 1. The Hall–Kier alpha value is -2.09. The minimum absolute atomic E-state index is 0.189. The molecule has 20 heavy (non-hydrogen) atoms. The van der Waals surface area contributed by atoms with Gasteiger partial charge in [0, 0.05) is 17.8 Å². The first-order valence-corrected chi connectivity index (χ1v) is 6.98. The van der Waals surface area contributed by atoms with E-state index >= 15 is 0 Å². The highest BCUT2D eigenvalue weighted by Crippen LogP contribution is 2.31. The highest BCUT2D eigenvalue weighted by Gasteiger charge is 2.12. The average molecular weight is 267 g/mol. The lowest BCUT2D eigenvalue weighted by Crippen LogP contribution is -2.11. The first-order valence-electron chi connectivity index (χ1n) is 6.98. The maximum absolute atomic E-state index is 14.1. The molecule has 0 aromatic heterocycles. The summed E-state index contributed by atoms with van der Waals surface area (Å²) in [6, 6.07) is 11.3. The number of aryl methyl sites for hydroxylation is 1. The van der Waals surface area contributed by atoms with E-state index in [1.807, 2.05) is 19.1 Å². The molecule has 1 N–H and O–H groups in total. The van der Waals surface area contributed by atoms with Crippen molar-refractivity contribution in [3.63, 3.8) is 0 Å². The lowest BCUT2D eigenvalue weighted by molar-refractivity contribution is 0.631. The van der Waals surface area contributed by atoms with E-state index in [0.717, 1.165) is 41.8 Å². The highest BCUT2D eigenvalue weighted by molar-refractivity contribution is 5.74. The second kappa shape index (κ2) is 5.12. The molecular formula is C18H18FN. The van der Waals surface area contributed by atoms with Crippen LogP contribution in [0.2, 0.25) is 0 Å². The fraction of sp³-hybridized carbons (Fsp3) is 0.222. The van der Waals surface area contributed by atoms with Crippen LogP contribution in [0.25, 0.3) is 16.7 Å². The molecule has 102 valence electrons. The van der Waals surface area contributed by atoms with Crippen molar-refractivity contribution in [1.82, 2.24) is 0 Å². The number of halogens is 1. The van der Waals surface area contributed by atoms with Crippen LogP contribution in [0.1, 0.15) is 24.5 Å². The van der Waals surface area contributed by atoms with Crippen molar-refractivity contribution in [2.45, 2.75) is 19.8 Å². The van der Waals surface area contributed by atoms with Gasteiger partial charge in [0.1, 0.15) is 5.82 Å². The summed E-state index contributed by atoms with van der Waals surface area (Å²) in [6.45, 7) is 6.85. The van der Waals surface area contributed by atoms with Crippen LogP contribution in [0.4, 0.5) is 10.1 Å². The SMILES string of the molecule is C=C(C)c1ccc(F)c(-c2ccc3c(c2)NCCC3)c1. The van der Waals surface area contributed by atoms with Gasteiger partial charge in [-0.05, 0) is 54.7 Å². The molecule has 1 aliphatic rings. The third-order valence-corrected chi connectivity index (χ3v) is 3.82. The Morgan fingerprint density at radius 3 is 2.85 bits per heavy atom. The first kappa shape index (κ1) is 12.9. The zero-order chi connectivity index (χ0) is 14.1. The van der Waals surface area contributed by atoms with Crippen molar-refractivity contribution in [2.24, 2.45) is 0 Å². The zero-order valence-electron chi connectivity index (χ0n) is 11.7. The van der Waals surface area contributed by atoms with Crippen molar-refractivity contribution in [3.8, 4) is 11.1 Å². The van der Waals surface area contributed by atoms with Crippen LogP contribution in [0.5, 0.6) is 0 Å². The maximum atomic E-state index is 14.1. The molecule has 0 bridgehead atoms. The summed E-state index contributed by atoms with van der Waals surface area (Å²) in [5.74, 6) is -0.189. The van der Waals surface area contributed by atoms with Crippen molar-refractivity contribution in [2.75, 3.05) is 11.9 Å². The molecule has 0 radical (unpaired) electrons. The molecule has 0 unspecified atom stereocenters. The summed E-state index contributed by atoms with van der Waals surface area (Å²) >= 11 is 0. The predicted octanol–water partition coefficient (Wildman–Crippen LogP) is 4.88. The van der Waals surface area contributed by atoms with E-state index in [-0.39, 0.29) is 5.82 Å². The van der Waals surface area contributed by atoms with E-state index in [9.17, 15) is 4.39 Å². The molecule has 0 amide bonds. The number of rotatable bonds is 2. The molecule has 2 heteroatoms. The molecule has 0 spiro atoms. The minimum Gasteiger partial charge on any atom is -0.385 e. The molecule has 0 fully saturated rings. The molecule has 0 saturated heterocycles. The Balaban J connectivity index is 2.08. The Bertz CT molecular complexity index is 673. The predicted molar refractivity (Wildman–Crippen MR) is 83.4 cm³/mol. The second-order valence-corrected chi connectivity index (χ2v) is 5.38. The fourth-order valence-electron chi connectivity index (χ4n) is 2.64. The van der Waals surface area contributed by atoms with Gasteiger partial charge in [-0.15, -0.1) is 0 Å². The number of fused-ring (bicyclic) bond motifs is 1. The largest absolute Gasteiger partial charge is 0.385 e. The van der Waals surface area contributed by atoms with Crippen LogP contribution < -0.4 is 5.32 Å². The monoisotopic (exact) mass is 267 g/mol. The molecule has 3 rings (SSSR count). The smallest absolute Gasteiger partial charge is 0.131 e. The Morgan fingerprint density at radius 2 is 2.05 bits per heavy atom. The summed E-state index contributed by atoms with van der Waals surface area (Å²) in [5, 5.41) is 3.39. The number of nitrogens with one attached hydrogen (secondary N) is 1. The van der Waals surface area contributed by atoms with Gasteiger partial charge in [0.25, 0.3) is 0 Å². The summed E-state index contributed by atoms with van der Waals surface area (Å²) in [7, 11) is 0.